The maximum absolute atomic E-state index is 13.4. The van der Waals surface area contributed by atoms with Gasteiger partial charge in [0.05, 0.1) is 33.5 Å². The molecule has 4 aromatic rings. The zero-order valence-corrected chi connectivity index (χ0v) is 29.0. The van der Waals surface area contributed by atoms with Gasteiger partial charge in [-0.1, -0.05) is 54.6 Å². The molecule has 1 N–H and O–H groups in total. The Morgan fingerprint density at radius 3 is 2.08 bits per heavy atom. The average molecular weight is 672 g/mol. The minimum absolute atomic E-state index is 0.0174. The third kappa shape index (κ3) is 4.89. The monoisotopic (exact) mass is 671 g/mol. The van der Waals surface area contributed by atoms with Gasteiger partial charge in [0.25, 0.3) is 5.56 Å². The number of hydrogen-bond acceptors (Lipinski definition) is 9. The Balaban J connectivity index is 1.37. The molecule has 1 spiro atoms. The predicted molar refractivity (Wildman–Crippen MR) is 181 cm³/mol. The normalized spacial score (nSPS) is 26.3. The molecule has 0 amide bonds. The Labute approximate surface area is 280 Å². The lowest BCUT2D eigenvalue weighted by molar-refractivity contribution is -0.180. The van der Waals surface area contributed by atoms with Crippen molar-refractivity contribution in [1.82, 2.24) is 14.6 Å². The summed E-state index contributed by atoms with van der Waals surface area (Å²) >= 11 is 0. The van der Waals surface area contributed by atoms with Gasteiger partial charge in [-0.15, -0.1) is 0 Å². The van der Waals surface area contributed by atoms with E-state index >= 15 is 0 Å². The van der Waals surface area contributed by atoms with E-state index in [1.807, 2.05) is 91.0 Å². The molecule has 0 radical (unpaired) electrons. The molecule has 0 bridgehead atoms. The summed E-state index contributed by atoms with van der Waals surface area (Å²) in [6.45, 7) is 6.59. The van der Waals surface area contributed by atoms with E-state index in [9.17, 15) is 9.59 Å². The molecule has 3 aliphatic rings. The topological polar surface area (TPSA) is 113 Å². The zero-order valence-electron chi connectivity index (χ0n) is 28.0. The molecule has 0 aliphatic carbocycles. The van der Waals surface area contributed by atoms with Crippen LogP contribution >= 0.6 is 0 Å². The van der Waals surface area contributed by atoms with Crippen molar-refractivity contribution in [3.8, 4) is 11.5 Å². The lowest BCUT2D eigenvalue weighted by Gasteiger charge is -2.38. The van der Waals surface area contributed by atoms with E-state index in [2.05, 4.69) is 18.1 Å². The van der Waals surface area contributed by atoms with Crippen molar-refractivity contribution in [3.05, 3.63) is 128 Å². The van der Waals surface area contributed by atoms with E-state index in [-0.39, 0.29) is 12.1 Å². The van der Waals surface area contributed by atoms with Gasteiger partial charge in [-0.25, -0.2) is 4.79 Å². The number of likely N-dealkylation sites (N-methyl/N-ethyl adjacent to an activating group) is 1. The molecule has 3 aliphatic heterocycles. The first-order valence-electron chi connectivity index (χ1n) is 16.1. The Hall–Kier alpha value is -4.04. The van der Waals surface area contributed by atoms with E-state index < -0.39 is 49.1 Å². The summed E-state index contributed by atoms with van der Waals surface area (Å²) in [5, 5.41) is 1.82. The van der Waals surface area contributed by atoms with E-state index in [1.165, 1.54) is 4.57 Å². The van der Waals surface area contributed by atoms with E-state index in [1.54, 1.807) is 27.3 Å². The number of hydroxylamine groups is 2. The Bertz CT molecular complexity index is 1850. The van der Waals surface area contributed by atoms with Crippen LogP contribution in [0.5, 0.6) is 11.5 Å². The van der Waals surface area contributed by atoms with Crippen LogP contribution in [0.4, 0.5) is 0 Å². The summed E-state index contributed by atoms with van der Waals surface area (Å²) < 4.78 is 33.6. The second-order valence-electron chi connectivity index (χ2n) is 13.2. The van der Waals surface area contributed by atoms with Gasteiger partial charge < -0.3 is 23.4 Å². The van der Waals surface area contributed by atoms with Crippen LogP contribution in [0.25, 0.3) is 0 Å². The lowest BCUT2D eigenvalue weighted by Crippen LogP contribution is -2.55. The molecule has 5 atom stereocenters. The molecule has 0 saturated carbocycles. The van der Waals surface area contributed by atoms with E-state index in [4.69, 9.17) is 28.2 Å². The summed E-state index contributed by atoms with van der Waals surface area (Å²) in [6, 6.07) is 25.8. The highest BCUT2D eigenvalue weighted by Crippen LogP contribution is 2.62. The summed E-state index contributed by atoms with van der Waals surface area (Å²) in [5.41, 5.74) is 0.188. The zero-order chi connectivity index (χ0) is 33.8. The molecule has 3 fully saturated rings. The van der Waals surface area contributed by atoms with E-state index in [0.717, 1.165) is 28.2 Å². The van der Waals surface area contributed by atoms with Crippen molar-refractivity contribution < 1.29 is 28.2 Å². The van der Waals surface area contributed by atoms with Crippen molar-refractivity contribution in [2.24, 2.45) is 0 Å². The molecule has 3 aromatic carbocycles. The van der Waals surface area contributed by atoms with Gasteiger partial charge in [-0.05, 0) is 61.0 Å². The van der Waals surface area contributed by atoms with E-state index in [0.29, 0.717) is 12.2 Å². The first-order valence-corrected chi connectivity index (χ1v) is 19.1. The SMILES string of the molecule is COc1ccc(C(OC[C@H]2O[C@@H](n3cc(C)c(=O)[nH]c3=O)[C@@]34[C@@H]2O[Si](C)(C)[C@@H]3CON4C)(c2ccccc2)c2ccc(OC)cc2)cc1. The second kappa shape index (κ2) is 12.1. The van der Waals surface area contributed by atoms with Crippen LogP contribution in [-0.2, 0) is 24.3 Å². The molecule has 12 heteroatoms. The molecular formula is C36H41N3O8Si. The highest BCUT2D eigenvalue weighted by atomic mass is 28.4. The number of ether oxygens (including phenoxy) is 4. The summed E-state index contributed by atoms with van der Waals surface area (Å²) in [5.74, 6) is 1.45. The van der Waals surface area contributed by atoms with Crippen LogP contribution in [-0.4, -0.2) is 75.2 Å². The maximum atomic E-state index is 13.4. The van der Waals surface area contributed by atoms with Crippen LogP contribution in [0.15, 0.2) is 94.6 Å². The fraction of sp³-hybridized carbons (Fsp3) is 0.389. The van der Waals surface area contributed by atoms with Gasteiger partial charge in [-0.2, -0.15) is 5.06 Å². The third-order valence-electron chi connectivity index (χ3n) is 10.3. The quantitative estimate of drug-likeness (QED) is 0.205. The van der Waals surface area contributed by atoms with Crippen molar-refractivity contribution in [2.45, 2.75) is 55.1 Å². The number of nitrogens with zero attached hydrogens (tertiary/aromatic N) is 2. The fourth-order valence-electron chi connectivity index (χ4n) is 7.93. The fourth-order valence-corrected chi connectivity index (χ4v) is 11.2. The molecule has 252 valence electrons. The lowest BCUT2D eigenvalue weighted by atomic mass is 9.79. The third-order valence-corrected chi connectivity index (χ3v) is 13.5. The molecule has 11 nitrogen and oxygen atoms in total. The second-order valence-corrected chi connectivity index (χ2v) is 17.3. The maximum Gasteiger partial charge on any atom is 0.330 e. The minimum atomic E-state index is -2.38. The van der Waals surface area contributed by atoms with Gasteiger partial charge in [0.1, 0.15) is 28.7 Å². The number of methoxy groups -OCH3 is 2. The smallest absolute Gasteiger partial charge is 0.330 e. The van der Waals surface area contributed by atoms with Crippen LogP contribution in [0.2, 0.25) is 18.6 Å². The van der Waals surface area contributed by atoms with Crippen molar-refractivity contribution in [2.75, 3.05) is 34.5 Å². The van der Waals surface area contributed by atoms with Crippen molar-refractivity contribution in [1.29, 1.82) is 0 Å². The van der Waals surface area contributed by atoms with Crippen LogP contribution in [0.1, 0.15) is 28.5 Å². The molecule has 7 rings (SSSR count). The number of hydrogen-bond donors (Lipinski definition) is 1. The highest BCUT2D eigenvalue weighted by Gasteiger charge is 2.76. The number of aromatic amines is 1. The molecule has 3 saturated heterocycles. The summed E-state index contributed by atoms with van der Waals surface area (Å²) in [7, 11) is 2.77. The number of aromatic nitrogens is 2. The first-order chi connectivity index (χ1) is 23.1. The van der Waals surface area contributed by atoms with Crippen LogP contribution in [0.3, 0.4) is 0 Å². The van der Waals surface area contributed by atoms with Crippen molar-refractivity contribution >= 4 is 8.32 Å². The molecule has 4 heterocycles. The predicted octanol–water partition coefficient (Wildman–Crippen LogP) is 4.36. The Morgan fingerprint density at radius 1 is 0.917 bits per heavy atom. The van der Waals surface area contributed by atoms with Gasteiger partial charge in [-0.3, -0.25) is 19.2 Å². The average Bonchev–Trinajstić information content (AvgIpc) is 3.69. The van der Waals surface area contributed by atoms with Crippen molar-refractivity contribution in [3.63, 3.8) is 0 Å². The summed E-state index contributed by atoms with van der Waals surface area (Å²) in [6.07, 6.45) is -0.324. The molecule has 1 aromatic heterocycles. The number of H-pyrrole nitrogens is 1. The minimum Gasteiger partial charge on any atom is -0.497 e. The largest absolute Gasteiger partial charge is 0.497 e. The molecular weight excluding hydrogens is 630 g/mol. The number of benzene rings is 3. The van der Waals surface area contributed by atoms with Gasteiger partial charge in [0.15, 0.2) is 14.5 Å². The number of aryl methyl sites for hydroxylation is 1. The molecule has 0 unspecified atom stereocenters. The number of rotatable bonds is 9. The number of nitrogens with one attached hydrogen (secondary N) is 1. The Morgan fingerprint density at radius 2 is 1.50 bits per heavy atom. The first kappa shape index (κ1) is 32.5. The Kier molecular flexibility index (Phi) is 8.21. The highest BCUT2D eigenvalue weighted by molar-refractivity contribution is 6.74. The van der Waals surface area contributed by atoms with Gasteiger partial charge in [0, 0.05) is 24.3 Å². The summed E-state index contributed by atoms with van der Waals surface area (Å²) in [4.78, 5) is 34.5. The van der Waals surface area contributed by atoms with Gasteiger partial charge >= 0.3 is 5.69 Å². The van der Waals surface area contributed by atoms with Crippen LogP contribution < -0.4 is 20.7 Å². The molecule has 48 heavy (non-hydrogen) atoms. The van der Waals surface area contributed by atoms with Crippen LogP contribution in [0, 0.1) is 6.92 Å². The van der Waals surface area contributed by atoms with Gasteiger partial charge in [0.2, 0.25) is 0 Å². The standard InChI is InChI=1S/C36H41N3O8Si/c1-23-20-39(34(41)37-32(23)40)33-35-30(22-45-38(35)2)48(5,6)47-31(35)29(46-33)21-44-36(24-10-8-7-9-11-24,25-12-16-27(42-3)17-13-25)26-14-18-28(43-4)19-15-26/h7-20,29-31,33H,21-22H2,1-6H3,(H,37,40,41)/t29-,30-,31-,33-,35+/m1/s1.